The number of thioether (sulfide) groups is 1. The number of benzene rings is 1. The number of nitrogens with one attached hydrogen (secondary N) is 2. The number of fused-ring (bicyclic) bond motifs is 3. The zero-order valence-electron chi connectivity index (χ0n) is 25.6. The summed E-state index contributed by atoms with van der Waals surface area (Å²) in [6.07, 6.45) is 4.24. The van der Waals surface area contributed by atoms with E-state index < -0.39 is 41.9 Å². The topological polar surface area (TPSA) is 151 Å². The van der Waals surface area contributed by atoms with Crippen molar-refractivity contribution in [1.29, 1.82) is 0 Å². The van der Waals surface area contributed by atoms with Gasteiger partial charge in [-0.05, 0) is 74.1 Å². The molecular formula is C32H44FN5O6S. The van der Waals surface area contributed by atoms with Gasteiger partial charge >= 0.3 is 0 Å². The average molecular weight is 646 g/mol. The van der Waals surface area contributed by atoms with E-state index in [4.69, 9.17) is 9.47 Å². The number of aromatic nitrogens is 3. The molecule has 0 aliphatic carbocycles. The van der Waals surface area contributed by atoms with E-state index in [1.54, 1.807) is 23.0 Å². The van der Waals surface area contributed by atoms with Crippen LogP contribution in [0.1, 0.15) is 56.9 Å². The van der Waals surface area contributed by atoms with Gasteiger partial charge in [-0.25, -0.2) is 9.07 Å². The summed E-state index contributed by atoms with van der Waals surface area (Å²) in [5, 5.41) is 47.5. The summed E-state index contributed by atoms with van der Waals surface area (Å²) in [6.45, 7) is 5.81. The number of aliphatic hydroxyl groups is 3. The number of ether oxygens (including phenoxy) is 2. The van der Waals surface area contributed by atoms with Crippen LogP contribution in [-0.4, -0.2) is 97.4 Å². The van der Waals surface area contributed by atoms with Crippen molar-refractivity contribution < 1.29 is 34.0 Å². The van der Waals surface area contributed by atoms with E-state index in [0.717, 1.165) is 19.3 Å². The molecule has 2 bridgehead atoms. The molecule has 2 aromatic rings. The van der Waals surface area contributed by atoms with E-state index in [9.17, 15) is 24.5 Å². The molecule has 1 aromatic carbocycles. The number of halogens is 1. The fourth-order valence-corrected chi connectivity index (χ4v) is 8.46. The number of amides is 1. The lowest BCUT2D eigenvalue weighted by Crippen LogP contribution is -2.64. The highest BCUT2D eigenvalue weighted by molar-refractivity contribution is 8.00. The number of aliphatic hydroxyl groups excluding tert-OH is 3. The normalized spacial score (nSPS) is 37.2. The number of rotatable bonds is 6. The van der Waals surface area contributed by atoms with Crippen LogP contribution in [0.25, 0.3) is 5.69 Å². The van der Waals surface area contributed by atoms with E-state index in [2.05, 4.69) is 34.8 Å². The lowest BCUT2D eigenvalue weighted by molar-refractivity contribution is -0.205. The molecule has 5 N–H and O–H groups in total. The molecule has 0 saturated carbocycles. The molecule has 0 radical (unpaired) electrons. The summed E-state index contributed by atoms with van der Waals surface area (Å²) in [7, 11) is 0. The summed E-state index contributed by atoms with van der Waals surface area (Å²) < 4.78 is 27.5. The zero-order valence-corrected chi connectivity index (χ0v) is 26.4. The summed E-state index contributed by atoms with van der Waals surface area (Å²) in [5.41, 5.74) is 0.361. The Kier molecular flexibility index (Phi) is 10.2. The summed E-state index contributed by atoms with van der Waals surface area (Å²) in [6, 6.07) is 4.73. The second-order valence-corrected chi connectivity index (χ2v) is 14.5. The van der Waals surface area contributed by atoms with Crippen molar-refractivity contribution >= 4 is 17.7 Å². The van der Waals surface area contributed by atoms with Gasteiger partial charge in [0.1, 0.15) is 41.7 Å². The summed E-state index contributed by atoms with van der Waals surface area (Å²) >= 11 is 1.27. The maximum absolute atomic E-state index is 13.7. The molecule has 11 nitrogen and oxygen atoms in total. The van der Waals surface area contributed by atoms with Gasteiger partial charge in [0, 0.05) is 13.2 Å². The fraction of sp³-hybridized carbons (Fsp3) is 0.656. The van der Waals surface area contributed by atoms with Gasteiger partial charge in [0.05, 0.1) is 35.0 Å². The largest absolute Gasteiger partial charge is 0.388 e. The Morgan fingerprint density at radius 3 is 2.69 bits per heavy atom. The van der Waals surface area contributed by atoms with E-state index in [-0.39, 0.29) is 29.0 Å². The number of allylic oxidation sites excluding steroid dienone is 1. The lowest BCUT2D eigenvalue weighted by atomic mass is 9.85. The summed E-state index contributed by atoms with van der Waals surface area (Å²) in [5.74, 6) is 0.872. The van der Waals surface area contributed by atoms with Crippen molar-refractivity contribution in [1.82, 2.24) is 25.6 Å². The molecule has 13 heteroatoms. The summed E-state index contributed by atoms with van der Waals surface area (Å²) in [4.78, 5) is 13.7. The number of carbonyl (C=O) groups is 1. The Morgan fingerprint density at radius 2 is 1.91 bits per heavy atom. The lowest BCUT2D eigenvalue weighted by Gasteiger charge is -2.44. The van der Waals surface area contributed by atoms with Gasteiger partial charge in [-0.2, -0.15) is 0 Å². The van der Waals surface area contributed by atoms with Crippen molar-refractivity contribution in [2.24, 2.45) is 17.8 Å². The highest BCUT2D eigenvalue weighted by Gasteiger charge is 2.49. The minimum atomic E-state index is -1.48. The average Bonchev–Trinajstić information content (AvgIpc) is 3.61. The minimum Gasteiger partial charge on any atom is -0.388 e. The van der Waals surface area contributed by atoms with Crippen LogP contribution in [0.15, 0.2) is 42.6 Å². The Hall–Kier alpha value is -2.39. The van der Waals surface area contributed by atoms with Crippen molar-refractivity contribution in [3.63, 3.8) is 0 Å². The van der Waals surface area contributed by atoms with Crippen LogP contribution in [0, 0.1) is 23.6 Å². The van der Waals surface area contributed by atoms with Crippen molar-refractivity contribution in [2.45, 2.75) is 99.2 Å². The molecule has 6 rings (SSSR count). The number of hydrogen-bond donors (Lipinski definition) is 5. The quantitative estimate of drug-likeness (QED) is 0.296. The van der Waals surface area contributed by atoms with Crippen molar-refractivity contribution in [2.75, 3.05) is 13.2 Å². The maximum Gasteiger partial charge on any atom is 0.240 e. The SMILES string of the molecule is CC(C)C[C@@H]1CCO[C@@H]2[C@H](CN[C@@H]2C(=O)N[C@@H]2CC=CC[C@@H](c3cn(-c4ccc(F)cc4)nn3)S[C@H]3O[C@H]2[C@H](O)[C@H](O)[C@H]3O)C1. The third-order valence-electron chi connectivity index (χ3n) is 9.42. The van der Waals surface area contributed by atoms with Crippen molar-refractivity contribution in [3.05, 3.63) is 54.1 Å². The Balaban J connectivity index is 1.17. The van der Waals surface area contributed by atoms with E-state index in [1.807, 2.05) is 12.2 Å². The minimum absolute atomic E-state index is 0.226. The van der Waals surface area contributed by atoms with Crippen LogP contribution in [0.5, 0.6) is 0 Å². The maximum atomic E-state index is 13.7. The van der Waals surface area contributed by atoms with Gasteiger partial charge < -0.3 is 35.4 Å². The third kappa shape index (κ3) is 7.29. The van der Waals surface area contributed by atoms with Crippen LogP contribution in [0.4, 0.5) is 4.39 Å². The van der Waals surface area contributed by atoms with Gasteiger partial charge in [-0.3, -0.25) is 4.79 Å². The predicted octanol–water partition coefficient (Wildman–Crippen LogP) is 2.25. The van der Waals surface area contributed by atoms with Gasteiger partial charge in [-0.15, -0.1) is 16.9 Å². The zero-order chi connectivity index (χ0) is 31.7. The van der Waals surface area contributed by atoms with Gasteiger partial charge in [0.25, 0.3) is 0 Å². The standard InChI is InChI=1S/C32H44FN5O6S/c1-17(2)13-18-11-12-43-29-19(14-18)15-34-25(29)31(42)35-22-5-3-4-6-24(45-32-28(41)26(39)27(40)30(22)44-32)23-16-38(37-36-23)21-9-7-20(33)8-10-21/h3-4,7-10,16-19,22,24-30,32,34,39-41H,5-6,11-15H2,1-2H3,(H,35,42)/t18-,19-,22+,24-,25-,26-,27+,28+,29+,30+,32+/m0/s1. The molecule has 1 aromatic heterocycles. The molecule has 4 aliphatic rings. The smallest absolute Gasteiger partial charge is 0.240 e. The molecular weight excluding hydrogens is 601 g/mol. The fourth-order valence-electron chi connectivity index (χ4n) is 7.15. The Labute approximate surface area is 266 Å². The van der Waals surface area contributed by atoms with Crippen LogP contribution in [-0.2, 0) is 14.3 Å². The Bertz CT molecular complexity index is 1330. The number of hydrogen-bond acceptors (Lipinski definition) is 10. The predicted molar refractivity (Wildman–Crippen MR) is 166 cm³/mol. The molecule has 3 fully saturated rings. The first-order valence-corrected chi connectivity index (χ1v) is 17.0. The van der Waals surface area contributed by atoms with Crippen molar-refractivity contribution in [3.8, 4) is 5.69 Å². The van der Waals surface area contributed by atoms with E-state index in [1.165, 1.54) is 23.9 Å². The molecule has 1 amide bonds. The van der Waals surface area contributed by atoms with Crippen LogP contribution in [0.2, 0.25) is 0 Å². The first-order valence-electron chi connectivity index (χ1n) is 16.0. The third-order valence-corrected chi connectivity index (χ3v) is 10.8. The van der Waals surface area contributed by atoms with Gasteiger partial charge in [0.15, 0.2) is 0 Å². The highest BCUT2D eigenvalue weighted by atomic mass is 32.2. The first-order chi connectivity index (χ1) is 21.7. The molecule has 5 heterocycles. The molecule has 3 saturated heterocycles. The molecule has 0 unspecified atom stereocenters. The second kappa shape index (κ2) is 14.2. The van der Waals surface area contributed by atoms with E-state index >= 15 is 0 Å². The highest BCUT2D eigenvalue weighted by Crippen LogP contribution is 2.41. The Morgan fingerprint density at radius 1 is 1.13 bits per heavy atom. The number of carbonyl (C=O) groups excluding carboxylic acids is 1. The van der Waals surface area contributed by atoms with Crippen LogP contribution >= 0.6 is 11.8 Å². The monoisotopic (exact) mass is 645 g/mol. The number of nitrogens with zero attached hydrogens (tertiary/aromatic N) is 3. The molecule has 45 heavy (non-hydrogen) atoms. The first kappa shape index (κ1) is 32.5. The van der Waals surface area contributed by atoms with Gasteiger partial charge in [0.2, 0.25) is 5.91 Å². The molecule has 0 spiro atoms. The van der Waals surface area contributed by atoms with Gasteiger partial charge in [-0.1, -0.05) is 31.2 Å². The molecule has 11 atom stereocenters. The molecule has 4 aliphatic heterocycles. The van der Waals surface area contributed by atoms with Crippen LogP contribution < -0.4 is 10.6 Å². The van der Waals surface area contributed by atoms with E-state index in [0.29, 0.717) is 49.2 Å². The molecule has 246 valence electrons. The van der Waals surface area contributed by atoms with Crippen LogP contribution in [0.3, 0.4) is 0 Å². The second-order valence-electron chi connectivity index (χ2n) is 13.2.